The monoisotopic (exact) mass is 295 g/mol. The van der Waals surface area contributed by atoms with Gasteiger partial charge in [0.05, 0.1) is 19.3 Å². The average Bonchev–Trinajstić information content (AvgIpc) is 2.92. The van der Waals surface area contributed by atoms with Crippen molar-refractivity contribution >= 4 is 0 Å². The van der Waals surface area contributed by atoms with Gasteiger partial charge in [-0.3, -0.25) is 0 Å². The Morgan fingerprint density at radius 3 is 2.62 bits per heavy atom. The van der Waals surface area contributed by atoms with Crippen molar-refractivity contribution in [3.8, 4) is 0 Å². The van der Waals surface area contributed by atoms with Gasteiger partial charge in [0.2, 0.25) is 0 Å². The van der Waals surface area contributed by atoms with E-state index in [2.05, 4.69) is 26.1 Å². The fourth-order valence-electron chi connectivity index (χ4n) is 2.32. The van der Waals surface area contributed by atoms with Crippen LogP contribution >= 0.6 is 0 Å². The minimum absolute atomic E-state index is 0.0259. The first-order valence-corrected chi connectivity index (χ1v) is 7.64. The van der Waals surface area contributed by atoms with Gasteiger partial charge in [0.25, 0.3) is 0 Å². The lowest BCUT2D eigenvalue weighted by atomic mass is 10.1. The summed E-state index contributed by atoms with van der Waals surface area (Å²) in [5.74, 6) is 0.257. The minimum atomic E-state index is -0.217. The molecule has 2 rings (SSSR count). The fourth-order valence-corrected chi connectivity index (χ4v) is 2.32. The molecule has 1 fully saturated rings. The molecule has 0 saturated carbocycles. The predicted molar refractivity (Wildman–Crippen MR) is 81.8 cm³/mol. The Morgan fingerprint density at radius 2 is 2.05 bits per heavy atom. The molecule has 1 aromatic carbocycles. The van der Waals surface area contributed by atoms with Crippen molar-refractivity contribution in [3.05, 3.63) is 35.6 Å². The van der Waals surface area contributed by atoms with Crippen LogP contribution in [-0.4, -0.2) is 31.9 Å². The second-order valence-corrected chi connectivity index (χ2v) is 6.73. The smallest absolute Gasteiger partial charge is 0.123 e. The molecule has 4 heteroatoms. The zero-order valence-corrected chi connectivity index (χ0v) is 13.2. The Morgan fingerprint density at radius 1 is 1.33 bits per heavy atom. The number of ether oxygens (including phenoxy) is 2. The van der Waals surface area contributed by atoms with Crippen LogP contribution in [0.5, 0.6) is 0 Å². The number of hydrogen-bond acceptors (Lipinski definition) is 3. The third-order valence-corrected chi connectivity index (χ3v) is 3.62. The molecule has 1 heterocycles. The SMILES string of the molecule is CC(C)(C)NCC(OCC1CCOC1)c1ccc(F)cc1. The molecule has 2 unspecified atom stereocenters. The van der Waals surface area contributed by atoms with Crippen molar-refractivity contribution in [2.24, 2.45) is 5.92 Å². The van der Waals surface area contributed by atoms with Gasteiger partial charge in [-0.25, -0.2) is 4.39 Å². The van der Waals surface area contributed by atoms with Crippen LogP contribution in [0, 0.1) is 11.7 Å². The van der Waals surface area contributed by atoms with E-state index in [-0.39, 0.29) is 17.5 Å². The molecule has 0 amide bonds. The van der Waals surface area contributed by atoms with E-state index in [1.807, 2.05) is 0 Å². The van der Waals surface area contributed by atoms with Gasteiger partial charge < -0.3 is 14.8 Å². The number of hydrogen-bond donors (Lipinski definition) is 1. The summed E-state index contributed by atoms with van der Waals surface area (Å²) >= 11 is 0. The lowest BCUT2D eigenvalue weighted by Crippen LogP contribution is -2.39. The van der Waals surface area contributed by atoms with Gasteiger partial charge in [0.15, 0.2) is 0 Å². The van der Waals surface area contributed by atoms with Crippen LogP contribution in [0.15, 0.2) is 24.3 Å². The maximum Gasteiger partial charge on any atom is 0.123 e. The Hall–Kier alpha value is -0.970. The quantitative estimate of drug-likeness (QED) is 0.873. The van der Waals surface area contributed by atoms with E-state index in [1.165, 1.54) is 12.1 Å². The molecule has 0 spiro atoms. The van der Waals surface area contributed by atoms with Gasteiger partial charge in [-0.15, -0.1) is 0 Å². The van der Waals surface area contributed by atoms with Crippen molar-refractivity contribution < 1.29 is 13.9 Å². The van der Waals surface area contributed by atoms with Gasteiger partial charge in [0, 0.05) is 24.6 Å². The number of rotatable bonds is 6. The molecule has 0 bridgehead atoms. The predicted octanol–water partition coefficient (Wildman–Crippen LogP) is 3.31. The molecule has 1 aromatic rings. The fraction of sp³-hybridized carbons (Fsp3) is 0.647. The first kappa shape index (κ1) is 16.4. The Labute approximate surface area is 126 Å². The molecule has 2 atom stereocenters. The van der Waals surface area contributed by atoms with Crippen molar-refractivity contribution in [2.45, 2.75) is 38.8 Å². The van der Waals surface area contributed by atoms with Crippen molar-refractivity contribution in [1.29, 1.82) is 0 Å². The van der Waals surface area contributed by atoms with Gasteiger partial charge in [-0.2, -0.15) is 0 Å². The lowest BCUT2D eigenvalue weighted by Gasteiger charge is -2.26. The zero-order chi connectivity index (χ0) is 15.3. The summed E-state index contributed by atoms with van der Waals surface area (Å²) in [7, 11) is 0. The highest BCUT2D eigenvalue weighted by Gasteiger charge is 2.21. The molecule has 118 valence electrons. The molecule has 1 aliphatic rings. The molecule has 1 N–H and O–H groups in total. The second kappa shape index (κ2) is 7.34. The third kappa shape index (κ3) is 5.73. The normalized spacial score (nSPS) is 20.7. The number of halogens is 1. The Bertz CT molecular complexity index is 421. The first-order valence-electron chi connectivity index (χ1n) is 7.64. The van der Waals surface area contributed by atoms with E-state index in [1.54, 1.807) is 12.1 Å². The summed E-state index contributed by atoms with van der Waals surface area (Å²) in [5.41, 5.74) is 1.03. The molecule has 0 aromatic heterocycles. The average molecular weight is 295 g/mol. The molecular formula is C17H26FNO2. The highest BCUT2D eigenvalue weighted by atomic mass is 19.1. The van der Waals surface area contributed by atoms with Crippen LogP contribution in [0.1, 0.15) is 38.9 Å². The van der Waals surface area contributed by atoms with Gasteiger partial charge >= 0.3 is 0 Å². The topological polar surface area (TPSA) is 30.5 Å². The maximum atomic E-state index is 13.1. The number of benzene rings is 1. The molecular weight excluding hydrogens is 269 g/mol. The van der Waals surface area contributed by atoms with E-state index in [0.717, 1.165) is 25.2 Å². The largest absolute Gasteiger partial charge is 0.381 e. The molecule has 0 aliphatic carbocycles. The van der Waals surface area contributed by atoms with E-state index in [4.69, 9.17) is 9.47 Å². The summed E-state index contributed by atoms with van der Waals surface area (Å²) in [6.45, 7) is 9.38. The van der Waals surface area contributed by atoms with Crippen LogP contribution in [0.25, 0.3) is 0 Å². The van der Waals surface area contributed by atoms with Crippen LogP contribution in [0.2, 0.25) is 0 Å². The van der Waals surface area contributed by atoms with Gasteiger partial charge in [-0.05, 0) is 44.9 Å². The van der Waals surface area contributed by atoms with Crippen molar-refractivity contribution in [3.63, 3.8) is 0 Å². The van der Waals surface area contributed by atoms with Crippen LogP contribution in [-0.2, 0) is 9.47 Å². The molecule has 3 nitrogen and oxygen atoms in total. The van der Waals surface area contributed by atoms with Crippen LogP contribution in [0.3, 0.4) is 0 Å². The van der Waals surface area contributed by atoms with E-state index in [0.29, 0.717) is 19.1 Å². The highest BCUT2D eigenvalue weighted by Crippen LogP contribution is 2.21. The maximum absolute atomic E-state index is 13.1. The van der Waals surface area contributed by atoms with Gasteiger partial charge in [-0.1, -0.05) is 12.1 Å². The van der Waals surface area contributed by atoms with E-state index in [9.17, 15) is 4.39 Å². The standard InChI is InChI=1S/C17H26FNO2/c1-17(2,3)19-10-16(14-4-6-15(18)7-5-14)21-12-13-8-9-20-11-13/h4-7,13,16,19H,8-12H2,1-3H3. The summed E-state index contributed by atoms with van der Waals surface area (Å²) < 4.78 is 24.5. The van der Waals surface area contributed by atoms with Crippen molar-refractivity contribution in [2.75, 3.05) is 26.4 Å². The van der Waals surface area contributed by atoms with E-state index >= 15 is 0 Å². The van der Waals surface area contributed by atoms with Crippen LogP contribution in [0.4, 0.5) is 4.39 Å². The highest BCUT2D eigenvalue weighted by molar-refractivity contribution is 5.19. The molecule has 0 radical (unpaired) electrons. The lowest BCUT2D eigenvalue weighted by molar-refractivity contribution is 0.0221. The van der Waals surface area contributed by atoms with Crippen molar-refractivity contribution in [1.82, 2.24) is 5.32 Å². The third-order valence-electron chi connectivity index (χ3n) is 3.62. The molecule has 1 saturated heterocycles. The first-order chi connectivity index (χ1) is 9.94. The van der Waals surface area contributed by atoms with E-state index < -0.39 is 0 Å². The van der Waals surface area contributed by atoms with Gasteiger partial charge in [0.1, 0.15) is 5.82 Å². The molecule has 1 aliphatic heterocycles. The Kier molecular flexibility index (Phi) is 5.73. The summed E-state index contributed by atoms with van der Waals surface area (Å²) in [4.78, 5) is 0. The summed E-state index contributed by atoms with van der Waals surface area (Å²) in [6, 6.07) is 6.58. The van der Waals surface area contributed by atoms with Crippen LogP contribution < -0.4 is 5.32 Å². The number of nitrogens with one attached hydrogen (secondary N) is 1. The minimum Gasteiger partial charge on any atom is -0.381 e. The summed E-state index contributed by atoms with van der Waals surface area (Å²) in [6.07, 6.45) is 0.994. The second-order valence-electron chi connectivity index (χ2n) is 6.73. The molecule has 21 heavy (non-hydrogen) atoms. The zero-order valence-electron chi connectivity index (χ0n) is 13.2. The Balaban J connectivity index is 1.96. The summed E-state index contributed by atoms with van der Waals surface area (Å²) in [5, 5.41) is 3.46.